The van der Waals surface area contributed by atoms with Gasteiger partial charge in [0.15, 0.2) is 0 Å². The molecule has 1 saturated carbocycles. The molecule has 1 aliphatic rings. The Labute approximate surface area is 146 Å². The number of carbonyl (C=O) groups is 2. The largest absolute Gasteiger partial charge is 0.494 e. The number of hydrogen-bond donors (Lipinski definition) is 3. The van der Waals surface area contributed by atoms with Crippen molar-refractivity contribution in [2.24, 2.45) is 0 Å². The molecule has 1 fully saturated rings. The van der Waals surface area contributed by atoms with Crippen LogP contribution in [0.5, 0.6) is 5.75 Å². The maximum absolute atomic E-state index is 12.0. The van der Waals surface area contributed by atoms with E-state index in [9.17, 15) is 9.59 Å². The molecule has 0 aliphatic heterocycles. The number of rotatable bonds is 6. The predicted molar refractivity (Wildman–Crippen MR) is 97.2 cm³/mol. The van der Waals surface area contributed by atoms with Crippen molar-refractivity contribution in [3.63, 3.8) is 0 Å². The van der Waals surface area contributed by atoms with Gasteiger partial charge in [-0.15, -0.1) is 0 Å². The normalized spacial score (nSPS) is 13.0. The molecule has 3 amide bonds. The van der Waals surface area contributed by atoms with Gasteiger partial charge in [0.05, 0.1) is 6.61 Å². The molecule has 0 unspecified atom stereocenters. The fourth-order valence-corrected chi connectivity index (χ4v) is 2.30. The van der Waals surface area contributed by atoms with E-state index in [-0.39, 0.29) is 11.9 Å². The van der Waals surface area contributed by atoms with E-state index in [2.05, 4.69) is 16.0 Å². The van der Waals surface area contributed by atoms with Crippen LogP contribution in [-0.4, -0.2) is 24.6 Å². The second-order valence-corrected chi connectivity index (χ2v) is 5.86. The van der Waals surface area contributed by atoms with Gasteiger partial charge in [-0.05, 0) is 68.3 Å². The van der Waals surface area contributed by atoms with Crippen molar-refractivity contribution < 1.29 is 14.3 Å². The van der Waals surface area contributed by atoms with E-state index in [1.165, 1.54) is 0 Å². The molecule has 6 nitrogen and oxygen atoms in total. The van der Waals surface area contributed by atoms with E-state index < -0.39 is 0 Å². The van der Waals surface area contributed by atoms with Crippen LogP contribution in [0.3, 0.4) is 0 Å². The van der Waals surface area contributed by atoms with Gasteiger partial charge in [-0.2, -0.15) is 0 Å². The standard InChI is InChI=1S/C19H21N3O3/c1-2-25-17-11-9-16(10-12-17)22-19(24)21-15-5-3-13(4-6-15)18(23)20-14-7-8-14/h3-6,9-12,14H,2,7-8H2,1H3,(H,20,23)(H2,21,22,24). The molecule has 0 spiro atoms. The first-order valence-corrected chi connectivity index (χ1v) is 8.36. The van der Waals surface area contributed by atoms with Crippen molar-refractivity contribution >= 4 is 23.3 Å². The predicted octanol–water partition coefficient (Wildman–Crippen LogP) is 3.62. The summed E-state index contributed by atoms with van der Waals surface area (Å²) in [5.74, 6) is 0.682. The molecule has 130 valence electrons. The van der Waals surface area contributed by atoms with Gasteiger partial charge in [0.2, 0.25) is 0 Å². The van der Waals surface area contributed by atoms with E-state index >= 15 is 0 Å². The van der Waals surface area contributed by atoms with Crippen LogP contribution in [0.1, 0.15) is 30.1 Å². The minimum Gasteiger partial charge on any atom is -0.494 e. The molecule has 0 saturated heterocycles. The van der Waals surface area contributed by atoms with Crippen molar-refractivity contribution in [1.29, 1.82) is 0 Å². The van der Waals surface area contributed by atoms with Gasteiger partial charge in [-0.1, -0.05) is 0 Å². The van der Waals surface area contributed by atoms with Crippen LogP contribution in [0, 0.1) is 0 Å². The smallest absolute Gasteiger partial charge is 0.323 e. The zero-order valence-corrected chi connectivity index (χ0v) is 14.0. The molecule has 3 rings (SSSR count). The number of carbonyl (C=O) groups excluding carboxylic acids is 2. The van der Waals surface area contributed by atoms with Gasteiger partial charge in [-0.25, -0.2) is 4.79 Å². The number of hydrogen-bond acceptors (Lipinski definition) is 3. The van der Waals surface area contributed by atoms with Crippen LogP contribution >= 0.6 is 0 Å². The van der Waals surface area contributed by atoms with Crippen LogP contribution in [-0.2, 0) is 0 Å². The maximum atomic E-state index is 12.0. The average Bonchev–Trinajstić information content (AvgIpc) is 3.41. The molecule has 2 aromatic carbocycles. The van der Waals surface area contributed by atoms with Crippen molar-refractivity contribution in [3.8, 4) is 5.75 Å². The number of ether oxygens (including phenoxy) is 1. The summed E-state index contributed by atoms with van der Waals surface area (Å²) >= 11 is 0. The first-order valence-electron chi connectivity index (χ1n) is 8.36. The Kier molecular flexibility index (Phi) is 5.18. The summed E-state index contributed by atoms with van der Waals surface area (Å²) < 4.78 is 5.36. The van der Waals surface area contributed by atoms with Crippen LogP contribution in [0.4, 0.5) is 16.2 Å². The summed E-state index contributed by atoms with van der Waals surface area (Å²) in [5, 5.41) is 8.41. The van der Waals surface area contributed by atoms with Gasteiger partial charge in [0, 0.05) is 23.0 Å². The Balaban J connectivity index is 1.52. The Hall–Kier alpha value is -3.02. The first-order chi connectivity index (χ1) is 12.1. The average molecular weight is 339 g/mol. The minimum absolute atomic E-state index is 0.0760. The zero-order valence-electron chi connectivity index (χ0n) is 14.0. The summed E-state index contributed by atoms with van der Waals surface area (Å²) in [4.78, 5) is 24.0. The van der Waals surface area contributed by atoms with E-state index in [0.717, 1.165) is 18.6 Å². The SMILES string of the molecule is CCOc1ccc(NC(=O)Nc2ccc(C(=O)NC3CC3)cc2)cc1. The second-order valence-electron chi connectivity index (χ2n) is 5.86. The molecular formula is C19H21N3O3. The third-order valence-corrected chi connectivity index (χ3v) is 3.74. The van der Waals surface area contributed by atoms with Crippen LogP contribution in [0.2, 0.25) is 0 Å². The highest BCUT2D eigenvalue weighted by molar-refractivity contribution is 6.00. The number of urea groups is 1. The highest BCUT2D eigenvalue weighted by Crippen LogP contribution is 2.20. The summed E-state index contributed by atoms with van der Waals surface area (Å²) in [7, 11) is 0. The van der Waals surface area contributed by atoms with Crippen molar-refractivity contribution in [1.82, 2.24) is 5.32 Å². The van der Waals surface area contributed by atoms with Crippen LogP contribution < -0.4 is 20.7 Å². The Morgan fingerprint density at radius 1 is 0.960 bits per heavy atom. The molecule has 0 heterocycles. The fraction of sp³-hybridized carbons (Fsp3) is 0.263. The molecule has 3 N–H and O–H groups in total. The lowest BCUT2D eigenvalue weighted by molar-refractivity contribution is 0.0951. The maximum Gasteiger partial charge on any atom is 0.323 e. The molecular weight excluding hydrogens is 318 g/mol. The lowest BCUT2D eigenvalue weighted by Crippen LogP contribution is -2.25. The third-order valence-electron chi connectivity index (χ3n) is 3.74. The van der Waals surface area contributed by atoms with Crippen molar-refractivity contribution in [2.45, 2.75) is 25.8 Å². The lowest BCUT2D eigenvalue weighted by Gasteiger charge is -2.09. The van der Waals surface area contributed by atoms with Gasteiger partial charge in [0.1, 0.15) is 5.75 Å². The molecule has 25 heavy (non-hydrogen) atoms. The van der Waals surface area contributed by atoms with Gasteiger partial charge < -0.3 is 20.7 Å². The van der Waals surface area contributed by atoms with Crippen molar-refractivity contribution in [3.05, 3.63) is 54.1 Å². The van der Waals surface area contributed by atoms with E-state index in [1.54, 1.807) is 48.5 Å². The topological polar surface area (TPSA) is 79.5 Å². The molecule has 0 aromatic heterocycles. The van der Waals surface area contributed by atoms with Crippen LogP contribution in [0.15, 0.2) is 48.5 Å². The molecule has 6 heteroatoms. The monoisotopic (exact) mass is 339 g/mol. The van der Waals surface area contributed by atoms with Gasteiger partial charge >= 0.3 is 6.03 Å². The van der Waals surface area contributed by atoms with Gasteiger partial charge in [0.25, 0.3) is 5.91 Å². The minimum atomic E-state index is -0.348. The number of nitrogens with one attached hydrogen (secondary N) is 3. The van der Waals surface area contributed by atoms with E-state index in [1.807, 2.05) is 6.92 Å². The number of anilines is 2. The first kappa shape index (κ1) is 16.8. The Morgan fingerprint density at radius 2 is 1.52 bits per heavy atom. The summed E-state index contributed by atoms with van der Waals surface area (Å²) in [6.45, 7) is 2.52. The molecule has 2 aromatic rings. The summed E-state index contributed by atoms with van der Waals surface area (Å²) in [6.07, 6.45) is 2.11. The molecule has 0 bridgehead atoms. The number of benzene rings is 2. The third kappa shape index (κ3) is 4.97. The fourth-order valence-electron chi connectivity index (χ4n) is 2.30. The van der Waals surface area contributed by atoms with Gasteiger partial charge in [-0.3, -0.25) is 4.79 Å². The highest BCUT2D eigenvalue weighted by atomic mass is 16.5. The summed E-state index contributed by atoms with van der Waals surface area (Å²) in [5.41, 5.74) is 1.87. The van der Waals surface area contributed by atoms with E-state index in [4.69, 9.17) is 4.74 Å². The quantitative estimate of drug-likeness (QED) is 0.752. The second kappa shape index (κ2) is 7.70. The molecule has 0 atom stereocenters. The molecule has 0 radical (unpaired) electrons. The Bertz CT molecular complexity index is 738. The number of amides is 3. The van der Waals surface area contributed by atoms with Crippen molar-refractivity contribution in [2.75, 3.05) is 17.2 Å². The lowest BCUT2D eigenvalue weighted by atomic mass is 10.2. The summed E-state index contributed by atoms with van der Waals surface area (Å²) in [6, 6.07) is 13.9. The van der Waals surface area contributed by atoms with E-state index in [0.29, 0.717) is 29.6 Å². The molecule has 1 aliphatic carbocycles. The Morgan fingerprint density at radius 3 is 2.04 bits per heavy atom. The highest BCUT2D eigenvalue weighted by Gasteiger charge is 2.23. The van der Waals surface area contributed by atoms with Crippen LogP contribution in [0.25, 0.3) is 0 Å². The zero-order chi connectivity index (χ0) is 17.6.